The van der Waals surface area contributed by atoms with Crippen molar-refractivity contribution in [1.29, 1.82) is 0 Å². The van der Waals surface area contributed by atoms with Crippen LogP contribution in [0.5, 0.6) is 0 Å². The molecule has 0 fully saturated rings. The van der Waals surface area contributed by atoms with Gasteiger partial charge in [0.1, 0.15) is 0 Å². The fraction of sp³-hybridized carbons (Fsp3) is 0.294. The second-order valence-electron chi connectivity index (χ2n) is 5.72. The van der Waals surface area contributed by atoms with Gasteiger partial charge in [-0.25, -0.2) is 0 Å². The van der Waals surface area contributed by atoms with E-state index in [1.807, 2.05) is 12.1 Å². The first-order chi connectivity index (χ1) is 9.99. The van der Waals surface area contributed by atoms with Crippen LogP contribution in [0.15, 0.2) is 42.5 Å². The zero-order valence-corrected chi connectivity index (χ0v) is 12.4. The molecule has 2 aromatic rings. The van der Waals surface area contributed by atoms with Crippen LogP contribution in [0, 0.1) is 10.1 Å². The summed E-state index contributed by atoms with van der Waals surface area (Å²) >= 11 is 0. The molecule has 0 saturated heterocycles. The van der Waals surface area contributed by atoms with E-state index >= 15 is 0 Å². The first-order valence-corrected chi connectivity index (χ1v) is 7.10. The Morgan fingerprint density at radius 1 is 1.10 bits per heavy atom. The monoisotopic (exact) mass is 282 g/mol. The topological polar surface area (TPSA) is 46.4 Å². The number of rotatable bonds is 2. The highest BCUT2D eigenvalue weighted by molar-refractivity contribution is 5.73. The molecule has 0 radical (unpaired) electrons. The van der Waals surface area contributed by atoms with E-state index in [1.165, 1.54) is 17.3 Å². The van der Waals surface area contributed by atoms with Crippen LogP contribution in [-0.4, -0.2) is 18.0 Å². The zero-order valence-electron chi connectivity index (χ0n) is 12.4. The summed E-state index contributed by atoms with van der Waals surface area (Å²) < 4.78 is 0. The fourth-order valence-corrected chi connectivity index (χ4v) is 3.03. The van der Waals surface area contributed by atoms with Crippen LogP contribution in [0.3, 0.4) is 0 Å². The molecule has 108 valence electrons. The van der Waals surface area contributed by atoms with Gasteiger partial charge in [-0.3, -0.25) is 10.1 Å². The number of hydrogen-bond acceptors (Lipinski definition) is 3. The number of hydrogen-bond donors (Lipinski definition) is 0. The third-order valence-corrected chi connectivity index (χ3v) is 4.62. The molecule has 1 heterocycles. The quantitative estimate of drug-likeness (QED) is 0.612. The molecule has 3 rings (SSSR count). The van der Waals surface area contributed by atoms with E-state index in [1.54, 1.807) is 12.1 Å². The number of nitrogens with zero attached hydrogens (tertiary/aromatic N) is 2. The highest BCUT2D eigenvalue weighted by Gasteiger charge is 2.30. The lowest BCUT2D eigenvalue weighted by atomic mass is 9.94. The molecule has 0 amide bonds. The van der Waals surface area contributed by atoms with Crippen LogP contribution in [0.4, 0.5) is 11.4 Å². The minimum Gasteiger partial charge on any atom is -0.371 e. The number of nitro benzene ring substituents is 1. The average molecular weight is 282 g/mol. The predicted molar refractivity (Wildman–Crippen MR) is 84.8 cm³/mol. The number of fused-ring (bicyclic) bond motifs is 1. The molecule has 0 aromatic heterocycles. The van der Waals surface area contributed by atoms with E-state index in [9.17, 15) is 10.1 Å². The van der Waals surface area contributed by atoms with Gasteiger partial charge < -0.3 is 4.90 Å². The average Bonchev–Trinajstić information content (AvgIpc) is 2.72. The number of nitro groups is 1. The summed E-state index contributed by atoms with van der Waals surface area (Å²) in [6, 6.07) is 13.6. The van der Waals surface area contributed by atoms with Gasteiger partial charge >= 0.3 is 0 Å². The molecule has 2 aromatic carbocycles. The van der Waals surface area contributed by atoms with Gasteiger partial charge in [0.2, 0.25) is 0 Å². The summed E-state index contributed by atoms with van der Waals surface area (Å²) in [4.78, 5) is 12.8. The van der Waals surface area contributed by atoms with Crippen molar-refractivity contribution in [3.05, 3.63) is 58.1 Å². The molecule has 0 N–H and O–H groups in total. The Kier molecular flexibility index (Phi) is 3.16. The Morgan fingerprint density at radius 3 is 2.52 bits per heavy atom. The number of benzene rings is 2. The van der Waals surface area contributed by atoms with Crippen molar-refractivity contribution in [1.82, 2.24) is 0 Å². The van der Waals surface area contributed by atoms with Gasteiger partial charge in [0.25, 0.3) is 5.69 Å². The van der Waals surface area contributed by atoms with Crippen molar-refractivity contribution < 1.29 is 4.92 Å². The molecule has 4 nitrogen and oxygen atoms in total. The summed E-state index contributed by atoms with van der Waals surface area (Å²) in [6.07, 6.45) is 0. The Morgan fingerprint density at radius 2 is 1.81 bits per heavy atom. The van der Waals surface area contributed by atoms with Crippen molar-refractivity contribution in [2.75, 3.05) is 11.9 Å². The first-order valence-electron chi connectivity index (χ1n) is 7.10. The van der Waals surface area contributed by atoms with Gasteiger partial charge in [-0.15, -0.1) is 0 Å². The third kappa shape index (κ3) is 2.17. The SMILES string of the molecule is CC1c2cc(-c3cccc([N+](=O)[O-])c3)ccc2N(C)C1C. The van der Waals surface area contributed by atoms with Gasteiger partial charge in [-0.05, 0) is 35.7 Å². The molecule has 0 saturated carbocycles. The second-order valence-corrected chi connectivity index (χ2v) is 5.72. The van der Waals surface area contributed by atoms with Crippen LogP contribution < -0.4 is 4.90 Å². The molecule has 0 bridgehead atoms. The van der Waals surface area contributed by atoms with Crippen molar-refractivity contribution in [2.45, 2.75) is 25.8 Å². The number of likely N-dealkylation sites (N-methyl/N-ethyl adjacent to an activating group) is 1. The molecule has 2 atom stereocenters. The first kappa shape index (κ1) is 13.6. The predicted octanol–water partition coefficient (Wildman–Crippen LogP) is 4.20. The molecular formula is C17H18N2O2. The lowest BCUT2D eigenvalue weighted by Crippen LogP contribution is -2.25. The van der Waals surface area contributed by atoms with E-state index in [-0.39, 0.29) is 10.6 Å². The van der Waals surface area contributed by atoms with Crippen LogP contribution in [0.1, 0.15) is 25.3 Å². The Hall–Kier alpha value is -2.36. The molecular weight excluding hydrogens is 264 g/mol. The van der Waals surface area contributed by atoms with E-state index in [0.29, 0.717) is 12.0 Å². The van der Waals surface area contributed by atoms with Gasteiger partial charge in [0.05, 0.1) is 4.92 Å². The highest BCUT2D eigenvalue weighted by Crippen LogP contribution is 2.41. The number of non-ortho nitro benzene ring substituents is 1. The van der Waals surface area contributed by atoms with Crippen molar-refractivity contribution >= 4 is 11.4 Å². The van der Waals surface area contributed by atoms with Gasteiger partial charge in [-0.2, -0.15) is 0 Å². The van der Waals surface area contributed by atoms with Crippen LogP contribution in [-0.2, 0) is 0 Å². The van der Waals surface area contributed by atoms with E-state index < -0.39 is 0 Å². The largest absolute Gasteiger partial charge is 0.371 e. The molecule has 4 heteroatoms. The summed E-state index contributed by atoms with van der Waals surface area (Å²) in [5, 5.41) is 10.9. The third-order valence-electron chi connectivity index (χ3n) is 4.62. The minimum absolute atomic E-state index is 0.131. The smallest absolute Gasteiger partial charge is 0.270 e. The van der Waals surface area contributed by atoms with Crippen LogP contribution in [0.25, 0.3) is 11.1 Å². The summed E-state index contributed by atoms with van der Waals surface area (Å²) in [7, 11) is 2.11. The van der Waals surface area contributed by atoms with Gasteiger partial charge in [0.15, 0.2) is 0 Å². The van der Waals surface area contributed by atoms with Crippen molar-refractivity contribution in [2.24, 2.45) is 0 Å². The Balaban J connectivity index is 2.06. The summed E-state index contributed by atoms with van der Waals surface area (Å²) in [5.41, 5.74) is 4.62. The Bertz CT molecular complexity index is 712. The fourth-order valence-electron chi connectivity index (χ4n) is 3.03. The summed E-state index contributed by atoms with van der Waals surface area (Å²) in [6.45, 7) is 4.45. The molecule has 0 aliphatic carbocycles. The standard InChI is InChI=1S/C17H18N2O2/c1-11-12(2)18(3)17-8-7-14(10-16(11)17)13-5-4-6-15(9-13)19(20)21/h4-12H,1-3H3. The maximum Gasteiger partial charge on any atom is 0.270 e. The maximum absolute atomic E-state index is 10.9. The maximum atomic E-state index is 10.9. The molecule has 1 aliphatic rings. The number of anilines is 1. The summed E-state index contributed by atoms with van der Waals surface area (Å²) in [5.74, 6) is 0.462. The lowest BCUT2D eigenvalue weighted by molar-refractivity contribution is -0.384. The van der Waals surface area contributed by atoms with Gasteiger partial charge in [0, 0.05) is 36.8 Å². The van der Waals surface area contributed by atoms with Crippen molar-refractivity contribution in [3.8, 4) is 11.1 Å². The van der Waals surface area contributed by atoms with Gasteiger partial charge in [-0.1, -0.05) is 25.1 Å². The lowest BCUT2D eigenvalue weighted by Gasteiger charge is -2.20. The van der Waals surface area contributed by atoms with E-state index in [2.05, 4.69) is 37.9 Å². The zero-order chi connectivity index (χ0) is 15.1. The second kappa shape index (κ2) is 4.88. The highest BCUT2D eigenvalue weighted by atomic mass is 16.6. The normalized spacial score (nSPS) is 20.4. The van der Waals surface area contributed by atoms with Crippen molar-refractivity contribution in [3.63, 3.8) is 0 Å². The van der Waals surface area contributed by atoms with E-state index in [0.717, 1.165) is 11.1 Å². The van der Waals surface area contributed by atoms with E-state index in [4.69, 9.17) is 0 Å². The molecule has 2 unspecified atom stereocenters. The minimum atomic E-state index is -0.352. The molecule has 21 heavy (non-hydrogen) atoms. The van der Waals surface area contributed by atoms with Crippen LogP contribution in [0.2, 0.25) is 0 Å². The van der Waals surface area contributed by atoms with Crippen LogP contribution >= 0.6 is 0 Å². The molecule has 1 aliphatic heterocycles. The Labute approximate surface area is 124 Å². The molecule has 0 spiro atoms.